The molecule has 0 saturated carbocycles. The van der Waals surface area contributed by atoms with Crippen molar-refractivity contribution < 1.29 is 4.79 Å². The number of rotatable bonds is 5. The van der Waals surface area contributed by atoms with Crippen molar-refractivity contribution in [2.75, 3.05) is 5.32 Å². The number of aromatic nitrogens is 2. The van der Waals surface area contributed by atoms with Gasteiger partial charge in [0.15, 0.2) is 0 Å². The van der Waals surface area contributed by atoms with Crippen LogP contribution in [0.1, 0.15) is 30.3 Å². The van der Waals surface area contributed by atoms with Gasteiger partial charge in [0.05, 0.1) is 11.7 Å². The topological polar surface area (TPSA) is 64.0 Å². The number of hydrogen-bond donors (Lipinski definition) is 1. The first-order chi connectivity index (χ1) is 14.9. The number of carbonyl (C=O) groups excluding carboxylic acids is 1. The van der Waals surface area contributed by atoms with Crippen molar-refractivity contribution in [3.05, 3.63) is 80.1 Å². The van der Waals surface area contributed by atoms with Crippen molar-refractivity contribution in [3.8, 4) is 11.1 Å². The summed E-state index contributed by atoms with van der Waals surface area (Å²) in [6.45, 7) is 5.77. The fraction of sp³-hybridized carbons (Fsp3) is 0.208. The molecule has 0 bridgehead atoms. The first-order valence-electron chi connectivity index (χ1n) is 10.0. The Morgan fingerprint density at radius 1 is 1.16 bits per heavy atom. The molecule has 0 aliphatic heterocycles. The Morgan fingerprint density at radius 3 is 2.48 bits per heavy atom. The third kappa shape index (κ3) is 4.20. The fourth-order valence-electron chi connectivity index (χ4n) is 3.51. The summed E-state index contributed by atoms with van der Waals surface area (Å²) in [7, 11) is 0. The number of aryl methyl sites for hydroxylation is 2. The Morgan fingerprint density at radius 2 is 1.84 bits per heavy atom. The highest BCUT2D eigenvalue weighted by Gasteiger charge is 2.22. The first-order valence-corrected chi connectivity index (χ1v) is 11.7. The maximum atomic E-state index is 13.5. The predicted octanol–water partition coefficient (Wildman–Crippen LogP) is 5.96. The molecular formula is C24H22BrN3O2S. The van der Waals surface area contributed by atoms with E-state index in [0.717, 1.165) is 32.5 Å². The molecule has 1 N–H and O–H groups in total. The number of amides is 1. The Kier molecular flexibility index (Phi) is 6.07. The van der Waals surface area contributed by atoms with E-state index in [9.17, 15) is 9.59 Å². The van der Waals surface area contributed by atoms with E-state index in [4.69, 9.17) is 0 Å². The second kappa shape index (κ2) is 8.77. The standard InChI is InChI=1S/C24H22BrN3O2S/c1-4-19-20(16-7-9-17(25)10-8-16)21-23(31-19)26-13-28(24(21)30)15(3)22(29)27-18-11-5-14(2)6-12-18/h5-13,15H,4H2,1-3H3,(H,27,29). The summed E-state index contributed by atoms with van der Waals surface area (Å²) >= 11 is 5.00. The van der Waals surface area contributed by atoms with Gasteiger partial charge >= 0.3 is 0 Å². The Labute approximate surface area is 192 Å². The highest BCUT2D eigenvalue weighted by Crippen LogP contribution is 2.37. The van der Waals surface area contributed by atoms with Gasteiger partial charge in [0.1, 0.15) is 10.9 Å². The number of carbonyl (C=O) groups is 1. The molecule has 2 aromatic carbocycles. The summed E-state index contributed by atoms with van der Waals surface area (Å²) in [6, 6.07) is 14.8. The lowest BCUT2D eigenvalue weighted by Gasteiger charge is -2.15. The maximum absolute atomic E-state index is 13.5. The number of benzene rings is 2. The zero-order valence-corrected chi connectivity index (χ0v) is 19.9. The molecule has 158 valence electrons. The third-order valence-electron chi connectivity index (χ3n) is 5.28. The van der Waals surface area contributed by atoms with Gasteiger partial charge in [-0.05, 0) is 50.1 Å². The smallest absolute Gasteiger partial charge is 0.263 e. The van der Waals surface area contributed by atoms with Gasteiger partial charge in [-0.2, -0.15) is 0 Å². The average Bonchev–Trinajstić information content (AvgIpc) is 3.15. The molecule has 0 aliphatic carbocycles. The molecule has 2 heterocycles. The first kappa shape index (κ1) is 21.5. The molecule has 0 saturated heterocycles. The van der Waals surface area contributed by atoms with Gasteiger partial charge in [0.25, 0.3) is 5.56 Å². The van der Waals surface area contributed by atoms with Crippen molar-refractivity contribution in [3.63, 3.8) is 0 Å². The molecule has 0 fully saturated rings. The Bertz CT molecular complexity index is 1310. The van der Waals surface area contributed by atoms with Gasteiger partial charge in [0.2, 0.25) is 5.91 Å². The number of thiophene rings is 1. The van der Waals surface area contributed by atoms with Crippen LogP contribution in [-0.4, -0.2) is 15.5 Å². The molecule has 0 radical (unpaired) electrons. The van der Waals surface area contributed by atoms with E-state index in [-0.39, 0.29) is 11.5 Å². The van der Waals surface area contributed by atoms with Gasteiger partial charge in [0, 0.05) is 20.6 Å². The predicted molar refractivity (Wildman–Crippen MR) is 131 cm³/mol. The van der Waals surface area contributed by atoms with Gasteiger partial charge in [-0.15, -0.1) is 11.3 Å². The summed E-state index contributed by atoms with van der Waals surface area (Å²) < 4.78 is 2.39. The van der Waals surface area contributed by atoms with Crippen LogP contribution in [0, 0.1) is 6.92 Å². The Hall–Kier alpha value is -2.77. The van der Waals surface area contributed by atoms with Gasteiger partial charge in [-0.1, -0.05) is 52.7 Å². The zero-order chi connectivity index (χ0) is 22.1. The third-order valence-corrected chi connectivity index (χ3v) is 7.05. The van der Waals surface area contributed by atoms with Crippen LogP contribution in [-0.2, 0) is 11.2 Å². The van der Waals surface area contributed by atoms with Crippen LogP contribution in [0.3, 0.4) is 0 Å². The number of nitrogens with one attached hydrogen (secondary N) is 1. The summed E-state index contributed by atoms with van der Waals surface area (Å²) in [5, 5.41) is 3.45. The number of nitrogens with zero attached hydrogens (tertiary/aromatic N) is 2. The molecule has 1 amide bonds. The lowest BCUT2D eigenvalue weighted by molar-refractivity contribution is -0.118. The van der Waals surface area contributed by atoms with E-state index in [2.05, 4.69) is 33.2 Å². The molecule has 4 aromatic rings. The van der Waals surface area contributed by atoms with Crippen molar-refractivity contribution in [1.82, 2.24) is 9.55 Å². The van der Waals surface area contributed by atoms with E-state index >= 15 is 0 Å². The minimum atomic E-state index is -0.701. The summed E-state index contributed by atoms with van der Waals surface area (Å²) in [5.41, 5.74) is 3.49. The van der Waals surface area contributed by atoms with Crippen LogP contribution < -0.4 is 10.9 Å². The minimum absolute atomic E-state index is 0.203. The van der Waals surface area contributed by atoms with E-state index < -0.39 is 6.04 Å². The quantitative estimate of drug-likeness (QED) is 0.371. The molecule has 31 heavy (non-hydrogen) atoms. The van der Waals surface area contributed by atoms with Gasteiger partial charge in [-0.25, -0.2) is 4.98 Å². The fourth-order valence-corrected chi connectivity index (χ4v) is 4.86. The van der Waals surface area contributed by atoms with Crippen LogP contribution in [0.4, 0.5) is 5.69 Å². The average molecular weight is 496 g/mol. The summed E-state index contributed by atoms with van der Waals surface area (Å²) in [4.78, 5) is 32.7. The molecular weight excluding hydrogens is 474 g/mol. The minimum Gasteiger partial charge on any atom is -0.324 e. The molecule has 1 atom stereocenters. The number of halogens is 1. The number of hydrogen-bond acceptors (Lipinski definition) is 4. The number of anilines is 1. The van der Waals surface area contributed by atoms with Crippen molar-refractivity contribution in [2.24, 2.45) is 0 Å². The van der Waals surface area contributed by atoms with E-state index in [1.54, 1.807) is 6.92 Å². The molecule has 7 heteroatoms. The van der Waals surface area contributed by atoms with Crippen molar-refractivity contribution in [2.45, 2.75) is 33.2 Å². The molecule has 0 spiro atoms. The van der Waals surface area contributed by atoms with E-state index in [0.29, 0.717) is 15.9 Å². The second-order valence-electron chi connectivity index (χ2n) is 7.43. The maximum Gasteiger partial charge on any atom is 0.263 e. The number of fused-ring (bicyclic) bond motifs is 1. The van der Waals surface area contributed by atoms with Crippen LogP contribution in [0.25, 0.3) is 21.3 Å². The van der Waals surface area contributed by atoms with E-state index in [1.807, 2.05) is 55.5 Å². The van der Waals surface area contributed by atoms with Crippen LogP contribution in [0.5, 0.6) is 0 Å². The van der Waals surface area contributed by atoms with E-state index in [1.165, 1.54) is 22.2 Å². The van der Waals surface area contributed by atoms with Crippen molar-refractivity contribution in [1.29, 1.82) is 0 Å². The highest BCUT2D eigenvalue weighted by molar-refractivity contribution is 9.10. The molecule has 1 unspecified atom stereocenters. The van der Waals surface area contributed by atoms with Crippen LogP contribution in [0.2, 0.25) is 0 Å². The lowest BCUT2D eigenvalue weighted by atomic mass is 10.0. The zero-order valence-electron chi connectivity index (χ0n) is 17.5. The van der Waals surface area contributed by atoms with Crippen molar-refractivity contribution >= 4 is 49.1 Å². The summed E-state index contributed by atoms with van der Waals surface area (Å²) in [6.07, 6.45) is 2.28. The highest BCUT2D eigenvalue weighted by atomic mass is 79.9. The lowest BCUT2D eigenvalue weighted by Crippen LogP contribution is -2.31. The molecule has 4 rings (SSSR count). The van der Waals surface area contributed by atoms with Crippen LogP contribution in [0.15, 0.2) is 64.1 Å². The molecule has 0 aliphatic rings. The largest absolute Gasteiger partial charge is 0.324 e. The Balaban J connectivity index is 1.77. The second-order valence-corrected chi connectivity index (χ2v) is 9.43. The van der Waals surface area contributed by atoms with Gasteiger partial charge in [-0.3, -0.25) is 14.2 Å². The van der Waals surface area contributed by atoms with Crippen LogP contribution >= 0.6 is 27.3 Å². The monoisotopic (exact) mass is 495 g/mol. The normalized spacial score (nSPS) is 12.1. The SMILES string of the molecule is CCc1sc2ncn(C(C)C(=O)Nc3ccc(C)cc3)c(=O)c2c1-c1ccc(Br)cc1. The summed E-state index contributed by atoms with van der Waals surface area (Å²) in [5.74, 6) is -0.261. The molecule has 2 aromatic heterocycles. The van der Waals surface area contributed by atoms with Gasteiger partial charge < -0.3 is 5.32 Å². The molecule has 5 nitrogen and oxygen atoms in total.